The number of benzene rings is 1. The third kappa shape index (κ3) is 6.65. The Labute approximate surface area is 178 Å². The summed E-state index contributed by atoms with van der Waals surface area (Å²) in [5.74, 6) is -0.773. The van der Waals surface area contributed by atoms with E-state index in [-0.39, 0.29) is 12.5 Å². The van der Waals surface area contributed by atoms with Crippen LogP contribution in [0.1, 0.15) is 39.7 Å². The largest absolute Gasteiger partial charge is 0.457 e. The van der Waals surface area contributed by atoms with E-state index in [4.69, 9.17) is 14.2 Å². The molecular formula is C23H33NO6. The maximum Gasteiger partial charge on any atom is 0.311 e. The molecule has 1 aromatic carbocycles. The first-order valence-electron chi connectivity index (χ1n) is 10.2. The van der Waals surface area contributed by atoms with Gasteiger partial charge in [-0.3, -0.25) is 9.59 Å². The van der Waals surface area contributed by atoms with Crippen LogP contribution in [-0.4, -0.2) is 54.0 Å². The lowest BCUT2D eigenvalue weighted by Crippen LogP contribution is -2.65. The molecule has 0 unspecified atom stereocenters. The van der Waals surface area contributed by atoms with Crippen molar-refractivity contribution in [3.8, 4) is 0 Å². The van der Waals surface area contributed by atoms with Crippen LogP contribution in [0.15, 0.2) is 43.0 Å². The fourth-order valence-corrected chi connectivity index (χ4v) is 3.25. The molecule has 1 aliphatic heterocycles. The van der Waals surface area contributed by atoms with Crippen molar-refractivity contribution in [2.24, 2.45) is 5.41 Å². The Balaban J connectivity index is 2.17. The molecule has 0 spiro atoms. The first-order valence-corrected chi connectivity index (χ1v) is 10.2. The van der Waals surface area contributed by atoms with E-state index in [1.54, 1.807) is 26.8 Å². The number of ether oxygens (including phenoxy) is 3. The van der Waals surface area contributed by atoms with Gasteiger partial charge in [-0.1, -0.05) is 36.4 Å². The monoisotopic (exact) mass is 419 g/mol. The van der Waals surface area contributed by atoms with Gasteiger partial charge in [-0.15, -0.1) is 6.58 Å². The second-order valence-corrected chi connectivity index (χ2v) is 8.57. The van der Waals surface area contributed by atoms with E-state index < -0.39 is 41.8 Å². The molecule has 0 radical (unpaired) electrons. The molecule has 0 aliphatic carbocycles. The molecule has 2 N–H and O–H groups in total. The van der Waals surface area contributed by atoms with Crippen LogP contribution in [-0.2, 0) is 30.4 Å². The lowest BCUT2D eigenvalue weighted by molar-refractivity contribution is -0.217. The van der Waals surface area contributed by atoms with E-state index in [1.165, 1.54) is 6.92 Å². The van der Waals surface area contributed by atoms with Gasteiger partial charge in [-0.2, -0.15) is 0 Å². The summed E-state index contributed by atoms with van der Waals surface area (Å²) >= 11 is 0. The molecule has 0 aromatic heterocycles. The molecule has 1 aromatic rings. The number of carbonyl (C=O) groups is 2. The Morgan fingerprint density at radius 1 is 1.23 bits per heavy atom. The van der Waals surface area contributed by atoms with Crippen molar-refractivity contribution in [3.63, 3.8) is 0 Å². The maximum atomic E-state index is 12.5. The van der Waals surface area contributed by atoms with Crippen molar-refractivity contribution < 1.29 is 28.9 Å². The Morgan fingerprint density at radius 2 is 1.90 bits per heavy atom. The predicted molar refractivity (Wildman–Crippen MR) is 113 cm³/mol. The number of carbonyl (C=O) groups excluding carboxylic acids is 2. The predicted octanol–water partition coefficient (Wildman–Crippen LogP) is 2.37. The number of esters is 1. The zero-order chi connectivity index (χ0) is 22.3. The van der Waals surface area contributed by atoms with E-state index in [0.717, 1.165) is 5.56 Å². The number of nitrogens with one attached hydrogen (secondary N) is 1. The molecule has 1 amide bonds. The van der Waals surface area contributed by atoms with Crippen LogP contribution in [0.4, 0.5) is 0 Å². The van der Waals surface area contributed by atoms with Gasteiger partial charge in [-0.05, 0) is 32.8 Å². The Bertz CT molecular complexity index is 714. The normalized spacial score (nSPS) is 26.6. The summed E-state index contributed by atoms with van der Waals surface area (Å²) in [6, 6.07) is 8.95. The van der Waals surface area contributed by atoms with Crippen molar-refractivity contribution in [3.05, 3.63) is 48.6 Å². The Kier molecular flexibility index (Phi) is 8.58. The zero-order valence-corrected chi connectivity index (χ0v) is 18.2. The fraction of sp³-hybridized carbons (Fsp3) is 0.565. The van der Waals surface area contributed by atoms with Gasteiger partial charge in [-0.25, -0.2) is 0 Å². The van der Waals surface area contributed by atoms with E-state index in [0.29, 0.717) is 13.0 Å². The Hall–Kier alpha value is -2.22. The van der Waals surface area contributed by atoms with Crippen LogP contribution in [0.2, 0.25) is 0 Å². The molecular weight excluding hydrogens is 386 g/mol. The molecule has 0 saturated carbocycles. The first kappa shape index (κ1) is 24.1. The lowest BCUT2D eigenvalue weighted by Gasteiger charge is -2.45. The number of hydrogen-bond acceptors (Lipinski definition) is 6. The smallest absolute Gasteiger partial charge is 0.311 e. The standard InChI is InChI=1S/C23H33NO6/c1-6-10-17-19(24-15(2)25)21(30-22(27)23(3,4)5)20(26)18(29-17)14-28-13-16-11-8-7-9-12-16/h6-9,11-12,17-21,26H,1,10,13-14H2,2-5H3,(H,24,25)/t17-,18-,19+,20-,21-/m1/s1. The van der Waals surface area contributed by atoms with Gasteiger partial charge < -0.3 is 24.6 Å². The quantitative estimate of drug-likeness (QED) is 0.496. The van der Waals surface area contributed by atoms with E-state index in [2.05, 4.69) is 11.9 Å². The van der Waals surface area contributed by atoms with Crippen LogP contribution in [0.25, 0.3) is 0 Å². The number of hydrogen-bond donors (Lipinski definition) is 2. The number of aliphatic hydroxyl groups is 1. The third-order valence-electron chi connectivity index (χ3n) is 4.84. The maximum absolute atomic E-state index is 12.5. The average Bonchev–Trinajstić information content (AvgIpc) is 2.67. The Morgan fingerprint density at radius 3 is 2.47 bits per heavy atom. The van der Waals surface area contributed by atoms with Crippen LogP contribution in [0.3, 0.4) is 0 Å². The molecule has 1 saturated heterocycles. The number of aliphatic hydroxyl groups excluding tert-OH is 1. The summed E-state index contributed by atoms with van der Waals surface area (Å²) < 4.78 is 17.5. The number of rotatable bonds is 8. The minimum Gasteiger partial charge on any atom is -0.457 e. The van der Waals surface area contributed by atoms with Gasteiger partial charge in [0.05, 0.1) is 30.8 Å². The van der Waals surface area contributed by atoms with E-state index >= 15 is 0 Å². The highest BCUT2D eigenvalue weighted by atomic mass is 16.6. The summed E-state index contributed by atoms with van der Waals surface area (Å²) in [6.45, 7) is 10.8. The highest BCUT2D eigenvalue weighted by Crippen LogP contribution is 2.28. The molecule has 166 valence electrons. The molecule has 1 heterocycles. The van der Waals surface area contributed by atoms with E-state index in [1.807, 2.05) is 30.3 Å². The minimum absolute atomic E-state index is 0.111. The highest BCUT2D eigenvalue weighted by Gasteiger charge is 2.48. The van der Waals surface area contributed by atoms with Crippen molar-refractivity contribution >= 4 is 11.9 Å². The van der Waals surface area contributed by atoms with Gasteiger partial charge in [0.2, 0.25) is 5.91 Å². The number of amides is 1. The molecule has 7 heteroatoms. The van der Waals surface area contributed by atoms with Gasteiger partial charge in [0, 0.05) is 6.92 Å². The second kappa shape index (κ2) is 10.7. The van der Waals surface area contributed by atoms with Gasteiger partial charge in [0.25, 0.3) is 0 Å². The highest BCUT2D eigenvalue weighted by molar-refractivity contribution is 5.76. The first-order chi connectivity index (χ1) is 14.1. The molecule has 0 bridgehead atoms. The van der Waals surface area contributed by atoms with Gasteiger partial charge in [0.15, 0.2) is 6.10 Å². The lowest BCUT2D eigenvalue weighted by atomic mass is 9.90. The summed E-state index contributed by atoms with van der Waals surface area (Å²) in [7, 11) is 0. The summed E-state index contributed by atoms with van der Waals surface area (Å²) in [6.07, 6.45) is -1.29. The second-order valence-electron chi connectivity index (χ2n) is 8.57. The van der Waals surface area contributed by atoms with Crippen LogP contribution < -0.4 is 5.32 Å². The van der Waals surface area contributed by atoms with Gasteiger partial charge >= 0.3 is 5.97 Å². The SMILES string of the molecule is C=CC[C@H]1O[C@H](COCc2ccccc2)[C@@H](O)[C@H](OC(=O)C(C)(C)C)[C@H]1NC(C)=O. The molecule has 1 aliphatic rings. The van der Waals surface area contributed by atoms with Gasteiger partial charge in [0.1, 0.15) is 12.2 Å². The summed E-state index contributed by atoms with van der Waals surface area (Å²) in [5, 5.41) is 13.7. The third-order valence-corrected chi connectivity index (χ3v) is 4.84. The van der Waals surface area contributed by atoms with Crippen molar-refractivity contribution in [1.82, 2.24) is 5.32 Å². The van der Waals surface area contributed by atoms with E-state index in [9.17, 15) is 14.7 Å². The molecule has 7 nitrogen and oxygen atoms in total. The fourth-order valence-electron chi connectivity index (χ4n) is 3.25. The summed E-state index contributed by atoms with van der Waals surface area (Å²) in [4.78, 5) is 24.3. The zero-order valence-electron chi connectivity index (χ0n) is 18.2. The van der Waals surface area contributed by atoms with Crippen molar-refractivity contribution in [1.29, 1.82) is 0 Å². The molecule has 1 fully saturated rings. The van der Waals surface area contributed by atoms with Crippen molar-refractivity contribution in [2.75, 3.05) is 6.61 Å². The van der Waals surface area contributed by atoms with Crippen LogP contribution in [0.5, 0.6) is 0 Å². The molecule has 2 rings (SSSR count). The topological polar surface area (TPSA) is 94.1 Å². The van der Waals surface area contributed by atoms with Crippen molar-refractivity contribution in [2.45, 2.75) is 71.2 Å². The average molecular weight is 420 g/mol. The molecule has 5 atom stereocenters. The summed E-state index contributed by atoms with van der Waals surface area (Å²) in [5.41, 5.74) is 0.240. The minimum atomic E-state index is -1.16. The molecule has 30 heavy (non-hydrogen) atoms. The van der Waals surface area contributed by atoms with Crippen LogP contribution in [0, 0.1) is 5.41 Å². The van der Waals surface area contributed by atoms with Crippen LogP contribution >= 0.6 is 0 Å².